The Labute approximate surface area is 245 Å². The van der Waals surface area contributed by atoms with Crippen molar-refractivity contribution in [2.75, 3.05) is 64.5 Å². The van der Waals surface area contributed by atoms with Crippen molar-refractivity contribution in [2.45, 2.75) is 62.8 Å². The molecule has 230 valence electrons. The smallest absolute Gasteiger partial charge is 0.416 e. The molecule has 0 bridgehead atoms. The van der Waals surface area contributed by atoms with Gasteiger partial charge < -0.3 is 19.3 Å². The zero-order valence-corrected chi connectivity index (χ0v) is 24.8. The van der Waals surface area contributed by atoms with E-state index in [9.17, 15) is 18.0 Å². The molecule has 0 aliphatic carbocycles. The molecule has 0 spiro atoms. The van der Waals surface area contributed by atoms with Crippen LogP contribution in [0, 0.1) is 0 Å². The predicted octanol–water partition coefficient (Wildman–Crippen LogP) is 5.86. The number of nitrogens with zero attached hydrogens (tertiary/aromatic N) is 3. The molecular formula is C32H41F4N3O3. The average Bonchev–Trinajstić information content (AvgIpc) is 3.36. The van der Waals surface area contributed by atoms with Gasteiger partial charge in [-0.2, -0.15) is 13.2 Å². The van der Waals surface area contributed by atoms with E-state index in [1.165, 1.54) is 6.07 Å². The van der Waals surface area contributed by atoms with Crippen molar-refractivity contribution in [2.24, 2.45) is 0 Å². The second-order valence-corrected chi connectivity index (χ2v) is 12.7. The number of anilines is 1. The number of halogens is 4. The third kappa shape index (κ3) is 6.11. The van der Waals surface area contributed by atoms with Gasteiger partial charge in [-0.05, 0) is 74.9 Å². The predicted molar refractivity (Wildman–Crippen MR) is 154 cm³/mol. The summed E-state index contributed by atoms with van der Waals surface area (Å²) in [6, 6.07) is 11.2. The summed E-state index contributed by atoms with van der Waals surface area (Å²) >= 11 is 0. The number of carbonyl (C=O) groups excluding carboxylic acids is 1. The van der Waals surface area contributed by atoms with Crippen LogP contribution in [0.1, 0.15) is 62.1 Å². The Morgan fingerprint density at radius 2 is 1.62 bits per heavy atom. The minimum absolute atomic E-state index is 0.00599. The molecule has 10 heteroatoms. The Morgan fingerprint density at radius 3 is 2.19 bits per heavy atom. The molecule has 2 aromatic carbocycles. The number of morpholine rings is 1. The molecule has 2 atom stereocenters. The summed E-state index contributed by atoms with van der Waals surface area (Å²) in [5, 5.41) is 0. The molecule has 3 fully saturated rings. The zero-order valence-electron chi connectivity index (χ0n) is 24.8. The van der Waals surface area contributed by atoms with Gasteiger partial charge in [-0.3, -0.25) is 9.69 Å². The number of rotatable bonds is 5. The fourth-order valence-electron chi connectivity index (χ4n) is 6.55. The first-order chi connectivity index (χ1) is 19.8. The third-order valence-corrected chi connectivity index (χ3v) is 9.13. The molecule has 42 heavy (non-hydrogen) atoms. The summed E-state index contributed by atoms with van der Waals surface area (Å²) in [5.74, 6) is -0.496. The number of alkyl halides is 4. The minimum Gasteiger partial charge on any atom is -0.497 e. The van der Waals surface area contributed by atoms with Gasteiger partial charge in [0.1, 0.15) is 5.75 Å². The first-order valence-electron chi connectivity index (χ1n) is 14.7. The molecule has 0 N–H and O–H groups in total. The second kappa shape index (κ2) is 11.7. The van der Waals surface area contributed by atoms with E-state index in [1.54, 1.807) is 30.2 Å². The third-order valence-electron chi connectivity index (χ3n) is 9.13. The number of hydrogen-bond donors (Lipinski definition) is 0. The van der Waals surface area contributed by atoms with Gasteiger partial charge in [-0.15, -0.1) is 0 Å². The van der Waals surface area contributed by atoms with Crippen LogP contribution in [-0.2, 0) is 15.7 Å². The maximum absolute atomic E-state index is 17.1. The molecule has 0 aromatic heterocycles. The quantitative estimate of drug-likeness (QED) is 0.408. The van der Waals surface area contributed by atoms with Crippen molar-refractivity contribution < 1.29 is 31.8 Å². The fourth-order valence-corrected chi connectivity index (χ4v) is 6.55. The van der Waals surface area contributed by atoms with Gasteiger partial charge >= 0.3 is 6.18 Å². The van der Waals surface area contributed by atoms with E-state index in [2.05, 4.69) is 0 Å². The van der Waals surface area contributed by atoms with Gasteiger partial charge in [0.15, 0.2) is 0 Å². The van der Waals surface area contributed by atoms with E-state index < -0.39 is 29.2 Å². The van der Waals surface area contributed by atoms with Crippen LogP contribution in [0.3, 0.4) is 0 Å². The lowest BCUT2D eigenvalue weighted by Gasteiger charge is -2.39. The van der Waals surface area contributed by atoms with E-state index in [1.807, 2.05) is 42.7 Å². The van der Waals surface area contributed by atoms with E-state index in [-0.39, 0.29) is 18.0 Å². The molecule has 0 radical (unpaired) electrons. The Hall–Kier alpha value is -2.85. The van der Waals surface area contributed by atoms with Crippen LogP contribution in [0.15, 0.2) is 42.5 Å². The lowest BCUT2D eigenvalue weighted by atomic mass is 9.83. The highest BCUT2D eigenvalue weighted by Gasteiger charge is 2.57. The van der Waals surface area contributed by atoms with E-state index in [0.717, 1.165) is 17.2 Å². The topological polar surface area (TPSA) is 45.2 Å². The van der Waals surface area contributed by atoms with Gasteiger partial charge in [0, 0.05) is 56.4 Å². The summed E-state index contributed by atoms with van der Waals surface area (Å²) in [7, 11) is 1.58. The van der Waals surface area contributed by atoms with Crippen LogP contribution in [-0.4, -0.2) is 86.5 Å². The summed E-state index contributed by atoms with van der Waals surface area (Å²) in [6.07, 6.45) is -3.32. The monoisotopic (exact) mass is 591 g/mol. The molecule has 2 aromatic rings. The first kappa shape index (κ1) is 30.6. The number of benzene rings is 2. The standard InChI is InChI=1S/C32H41F4N3O3/c1-30(2,3)39-20-27(23-5-8-25(41-4)9-6-23)31(33,21-39)29(40)38-13-11-22(12-14-38)26-10-7-24(32(34,35)36)19-28(26)37-15-17-42-18-16-37/h5-10,19,22,27H,11-18,20-21H2,1-4H3/t27-,31-/m0/s1. The summed E-state index contributed by atoms with van der Waals surface area (Å²) in [6.45, 7) is 9.16. The van der Waals surface area contributed by atoms with Crippen LogP contribution >= 0.6 is 0 Å². The molecule has 6 nitrogen and oxygen atoms in total. The van der Waals surface area contributed by atoms with Crippen molar-refractivity contribution in [1.29, 1.82) is 0 Å². The van der Waals surface area contributed by atoms with E-state index >= 15 is 4.39 Å². The molecule has 3 aliphatic heterocycles. The van der Waals surface area contributed by atoms with Crippen LogP contribution in [0.25, 0.3) is 0 Å². The summed E-state index contributed by atoms with van der Waals surface area (Å²) < 4.78 is 68.6. The zero-order chi connectivity index (χ0) is 30.3. The molecule has 0 saturated carbocycles. The number of carbonyl (C=O) groups is 1. The number of piperidine rings is 1. The molecule has 3 saturated heterocycles. The van der Waals surface area contributed by atoms with Gasteiger partial charge in [-0.1, -0.05) is 18.2 Å². The minimum atomic E-state index is -4.44. The van der Waals surface area contributed by atoms with Crippen LogP contribution in [0.4, 0.5) is 23.2 Å². The summed E-state index contributed by atoms with van der Waals surface area (Å²) in [4.78, 5) is 19.6. The number of likely N-dealkylation sites (tertiary alicyclic amines) is 2. The molecule has 0 unspecified atom stereocenters. The normalized spacial score (nSPS) is 24.7. The molecular weight excluding hydrogens is 550 g/mol. The van der Waals surface area contributed by atoms with Crippen molar-refractivity contribution in [1.82, 2.24) is 9.80 Å². The Kier molecular flexibility index (Phi) is 8.51. The van der Waals surface area contributed by atoms with Crippen LogP contribution < -0.4 is 9.64 Å². The van der Waals surface area contributed by atoms with Crippen LogP contribution in [0.5, 0.6) is 5.75 Å². The van der Waals surface area contributed by atoms with Crippen LogP contribution in [0.2, 0.25) is 0 Å². The largest absolute Gasteiger partial charge is 0.497 e. The fraction of sp³-hybridized carbons (Fsp3) is 0.594. The van der Waals surface area contributed by atoms with Crippen molar-refractivity contribution in [3.05, 3.63) is 59.2 Å². The van der Waals surface area contributed by atoms with E-state index in [0.29, 0.717) is 70.2 Å². The highest BCUT2D eigenvalue weighted by atomic mass is 19.4. The lowest BCUT2D eigenvalue weighted by Crippen LogP contribution is -2.53. The lowest BCUT2D eigenvalue weighted by molar-refractivity contribution is -0.145. The SMILES string of the molecule is COc1ccc([C@@H]2CN(C(C)(C)C)C[C@@]2(F)C(=O)N2CCC(c3ccc(C(F)(F)F)cc3N3CCOCC3)CC2)cc1. The van der Waals surface area contributed by atoms with Crippen molar-refractivity contribution >= 4 is 11.6 Å². The summed E-state index contributed by atoms with van der Waals surface area (Å²) in [5.41, 5.74) is -0.896. The molecule has 1 amide bonds. The Balaban J connectivity index is 1.36. The Bertz CT molecular complexity index is 1250. The molecule has 3 aliphatic rings. The van der Waals surface area contributed by atoms with Gasteiger partial charge in [0.25, 0.3) is 5.91 Å². The highest BCUT2D eigenvalue weighted by molar-refractivity contribution is 5.87. The maximum atomic E-state index is 17.1. The Morgan fingerprint density at radius 1 is 0.976 bits per heavy atom. The van der Waals surface area contributed by atoms with Gasteiger partial charge in [-0.25, -0.2) is 4.39 Å². The molecule has 5 rings (SSSR count). The number of amides is 1. The number of ether oxygens (including phenoxy) is 2. The molecule has 3 heterocycles. The van der Waals surface area contributed by atoms with Crippen molar-refractivity contribution in [3.8, 4) is 5.75 Å². The van der Waals surface area contributed by atoms with Crippen molar-refractivity contribution in [3.63, 3.8) is 0 Å². The average molecular weight is 592 g/mol. The highest BCUT2D eigenvalue weighted by Crippen LogP contribution is 2.45. The maximum Gasteiger partial charge on any atom is 0.416 e. The van der Waals surface area contributed by atoms with Gasteiger partial charge in [0.05, 0.1) is 25.9 Å². The first-order valence-corrected chi connectivity index (χ1v) is 14.7. The number of hydrogen-bond acceptors (Lipinski definition) is 5. The number of methoxy groups -OCH3 is 1. The second-order valence-electron chi connectivity index (χ2n) is 12.7. The van der Waals surface area contributed by atoms with Gasteiger partial charge in [0.2, 0.25) is 5.67 Å². The van der Waals surface area contributed by atoms with E-state index in [4.69, 9.17) is 9.47 Å².